The quantitative estimate of drug-likeness (QED) is 0.765. The van der Waals surface area contributed by atoms with Crippen LogP contribution in [0.2, 0.25) is 0 Å². The molecule has 1 heterocycles. The van der Waals surface area contributed by atoms with Gasteiger partial charge in [-0.1, -0.05) is 12.2 Å². The van der Waals surface area contributed by atoms with E-state index in [1.165, 1.54) is 12.8 Å². The molecule has 1 saturated heterocycles. The molecule has 0 aromatic heterocycles. The van der Waals surface area contributed by atoms with Gasteiger partial charge >= 0.3 is 0 Å². The summed E-state index contributed by atoms with van der Waals surface area (Å²) in [7, 11) is 0. The first kappa shape index (κ1) is 10.7. The number of rotatable bonds is 3. The molecule has 0 spiro atoms. The summed E-state index contributed by atoms with van der Waals surface area (Å²) in [6.07, 6.45) is 12.0. The lowest BCUT2D eigenvalue weighted by molar-refractivity contribution is 0.129. The predicted octanol–water partition coefficient (Wildman–Crippen LogP) is 2.44. The monoisotopic (exact) mass is 206 g/mol. The highest BCUT2D eigenvalue weighted by Crippen LogP contribution is 2.19. The van der Waals surface area contributed by atoms with Crippen LogP contribution >= 0.6 is 0 Å². The molecule has 2 rings (SSSR count). The number of allylic oxidation sites excluding steroid dienone is 4. The molecule has 0 amide bonds. The second-order valence-corrected chi connectivity index (χ2v) is 4.39. The fourth-order valence-corrected chi connectivity index (χ4v) is 2.14. The maximum absolute atomic E-state index is 5.81. The SMILES string of the molecule is CC1NCCCC1COC1=CC=CC[CH]1. The Balaban J connectivity index is 1.76. The molecule has 2 heteroatoms. The van der Waals surface area contributed by atoms with Crippen LogP contribution in [0.5, 0.6) is 0 Å². The Bertz CT molecular complexity index is 257. The summed E-state index contributed by atoms with van der Waals surface area (Å²) >= 11 is 0. The molecule has 0 aromatic rings. The average molecular weight is 206 g/mol. The topological polar surface area (TPSA) is 21.3 Å². The largest absolute Gasteiger partial charge is 0.497 e. The maximum atomic E-state index is 5.81. The van der Waals surface area contributed by atoms with Crippen molar-refractivity contribution in [2.24, 2.45) is 5.92 Å². The van der Waals surface area contributed by atoms with E-state index in [1.807, 2.05) is 6.08 Å². The molecule has 2 atom stereocenters. The third-order valence-electron chi connectivity index (χ3n) is 3.24. The molecule has 2 nitrogen and oxygen atoms in total. The Hall–Kier alpha value is -0.760. The van der Waals surface area contributed by atoms with Crippen molar-refractivity contribution in [3.8, 4) is 0 Å². The summed E-state index contributed by atoms with van der Waals surface area (Å²) in [5.74, 6) is 1.70. The summed E-state index contributed by atoms with van der Waals surface area (Å²) in [4.78, 5) is 0. The molecular weight excluding hydrogens is 186 g/mol. The predicted molar refractivity (Wildman–Crippen MR) is 62.3 cm³/mol. The van der Waals surface area contributed by atoms with Crippen molar-refractivity contribution in [2.75, 3.05) is 13.2 Å². The molecule has 15 heavy (non-hydrogen) atoms. The molecule has 1 fully saturated rings. The lowest BCUT2D eigenvalue weighted by Crippen LogP contribution is -2.40. The zero-order valence-corrected chi connectivity index (χ0v) is 9.41. The summed E-state index contributed by atoms with van der Waals surface area (Å²) in [6.45, 7) is 4.27. The number of hydrogen-bond acceptors (Lipinski definition) is 2. The summed E-state index contributed by atoms with van der Waals surface area (Å²) in [5.41, 5.74) is 0. The minimum absolute atomic E-state index is 0.596. The van der Waals surface area contributed by atoms with Gasteiger partial charge in [0.2, 0.25) is 0 Å². The van der Waals surface area contributed by atoms with Crippen LogP contribution in [0.25, 0.3) is 0 Å². The van der Waals surface area contributed by atoms with Gasteiger partial charge in [-0.2, -0.15) is 0 Å². The highest BCUT2D eigenvalue weighted by atomic mass is 16.5. The highest BCUT2D eigenvalue weighted by molar-refractivity contribution is 5.21. The van der Waals surface area contributed by atoms with E-state index in [2.05, 4.69) is 30.8 Å². The van der Waals surface area contributed by atoms with Gasteiger partial charge in [0.1, 0.15) is 5.76 Å². The first-order valence-electron chi connectivity index (χ1n) is 5.92. The van der Waals surface area contributed by atoms with Crippen molar-refractivity contribution in [3.05, 3.63) is 30.4 Å². The van der Waals surface area contributed by atoms with Crippen molar-refractivity contribution >= 4 is 0 Å². The van der Waals surface area contributed by atoms with Crippen molar-refractivity contribution in [2.45, 2.75) is 32.2 Å². The van der Waals surface area contributed by atoms with Gasteiger partial charge in [-0.05, 0) is 38.8 Å². The minimum atomic E-state index is 0.596. The van der Waals surface area contributed by atoms with Gasteiger partial charge in [-0.3, -0.25) is 0 Å². The summed E-state index contributed by atoms with van der Waals surface area (Å²) < 4.78 is 5.81. The molecular formula is C13H20NO. The van der Waals surface area contributed by atoms with E-state index < -0.39 is 0 Å². The minimum Gasteiger partial charge on any atom is -0.497 e. The van der Waals surface area contributed by atoms with Crippen LogP contribution in [0.1, 0.15) is 26.2 Å². The number of nitrogens with one attached hydrogen (secondary N) is 1. The van der Waals surface area contributed by atoms with E-state index in [-0.39, 0.29) is 0 Å². The van der Waals surface area contributed by atoms with Crippen LogP contribution in [0, 0.1) is 12.3 Å². The summed E-state index contributed by atoms with van der Waals surface area (Å²) in [5, 5.41) is 3.50. The Morgan fingerprint density at radius 2 is 2.47 bits per heavy atom. The Morgan fingerprint density at radius 1 is 1.53 bits per heavy atom. The first-order chi connectivity index (χ1) is 7.36. The molecule has 2 aliphatic rings. The van der Waals surface area contributed by atoms with Crippen LogP contribution in [-0.2, 0) is 4.74 Å². The normalized spacial score (nSPS) is 31.1. The third kappa shape index (κ3) is 3.10. The lowest BCUT2D eigenvalue weighted by Gasteiger charge is -2.30. The van der Waals surface area contributed by atoms with Crippen LogP contribution < -0.4 is 5.32 Å². The van der Waals surface area contributed by atoms with Gasteiger partial charge in [0, 0.05) is 18.4 Å². The van der Waals surface area contributed by atoms with Crippen molar-refractivity contribution < 1.29 is 4.74 Å². The van der Waals surface area contributed by atoms with Crippen LogP contribution in [0.3, 0.4) is 0 Å². The number of ether oxygens (including phenoxy) is 1. The smallest absolute Gasteiger partial charge is 0.100 e. The van der Waals surface area contributed by atoms with Crippen LogP contribution in [0.4, 0.5) is 0 Å². The number of hydrogen-bond donors (Lipinski definition) is 1. The van der Waals surface area contributed by atoms with E-state index in [1.54, 1.807) is 0 Å². The molecule has 1 radical (unpaired) electrons. The van der Waals surface area contributed by atoms with Gasteiger partial charge in [0.05, 0.1) is 6.61 Å². The van der Waals surface area contributed by atoms with E-state index in [4.69, 9.17) is 4.74 Å². The second-order valence-electron chi connectivity index (χ2n) is 4.39. The highest BCUT2D eigenvalue weighted by Gasteiger charge is 2.21. The zero-order chi connectivity index (χ0) is 10.5. The van der Waals surface area contributed by atoms with E-state index in [0.29, 0.717) is 12.0 Å². The van der Waals surface area contributed by atoms with Gasteiger partial charge in [-0.15, -0.1) is 0 Å². The van der Waals surface area contributed by atoms with Crippen LogP contribution in [-0.4, -0.2) is 19.2 Å². The van der Waals surface area contributed by atoms with Gasteiger partial charge in [0.25, 0.3) is 0 Å². The Labute approximate surface area is 92.4 Å². The Kier molecular flexibility index (Phi) is 3.84. The van der Waals surface area contributed by atoms with Crippen molar-refractivity contribution in [3.63, 3.8) is 0 Å². The molecule has 83 valence electrons. The summed E-state index contributed by atoms with van der Waals surface area (Å²) in [6, 6.07) is 0.596. The third-order valence-corrected chi connectivity index (χ3v) is 3.24. The molecule has 1 aliphatic carbocycles. The molecule has 0 bridgehead atoms. The fraction of sp³-hybridized carbons (Fsp3) is 0.615. The lowest BCUT2D eigenvalue weighted by atomic mass is 9.93. The van der Waals surface area contributed by atoms with Crippen LogP contribution in [0.15, 0.2) is 24.0 Å². The standard InChI is InChI=1S/C13H20NO/c1-11-12(6-5-9-14-11)10-15-13-7-3-2-4-8-13/h2-3,7-8,11-12,14H,4-6,9-10H2,1H3. The Morgan fingerprint density at radius 3 is 3.20 bits per heavy atom. The number of piperidine rings is 1. The van der Waals surface area contributed by atoms with Crippen molar-refractivity contribution in [1.29, 1.82) is 0 Å². The maximum Gasteiger partial charge on any atom is 0.100 e. The van der Waals surface area contributed by atoms with Gasteiger partial charge in [0.15, 0.2) is 0 Å². The molecule has 1 N–H and O–H groups in total. The van der Waals surface area contributed by atoms with Gasteiger partial charge in [-0.25, -0.2) is 0 Å². The molecule has 0 aromatic carbocycles. The van der Waals surface area contributed by atoms with E-state index >= 15 is 0 Å². The van der Waals surface area contributed by atoms with E-state index in [0.717, 1.165) is 25.3 Å². The van der Waals surface area contributed by atoms with Gasteiger partial charge < -0.3 is 10.1 Å². The zero-order valence-electron chi connectivity index (χ0n) is 9.41. The fourth-order valence-electron chi connectivity index (χ4n) is 2.14. The second kappa shape index (κ2) is 5.36. The average Bonchev–Trinajstić information content (AvgIpc) is 2.29. The first-order valence-corrected chi connectivity index (χ1v) is 5.92. The van der Waals surface area contributed by atoms with Crippen molar-refractivity contribution in [1.82, 2.24) is 5.32 Å². The molecule has 1 aliphatic heterocycles. The molecule has 0 saturated carbocycles. The van der Waals surface area contributed by atoms with E-state index in [9.17, 15) is 0 Å². The molecule has 2 unspecified atom stereocenters.